The van der Waals surface area contributed by atoms with Gasteiger partial charge in [0.05, 0.1) is 5.69 Å². The molecular weight excluding hydrogens is 339 g/mol. The van der Waals surface area contributed by atoms with Crippen molar-refractivity contribution in [1.82, 2.24) is 9.97 Å². The zero-order valence-corrected chi connectivity index (χ0v) is 13.9. The van der Waals surface area contributed by atoms with Gasteiger partial charge in [0.15, 0.2) is 0 Å². The molecule has 0 unspecified atom stereocenters. The Balaban J connectivity index is 2.24. The van der Waals surface area contributed by atoms with Crippen molar-refractivity contribution in [2.75, 3.05) is 0 Å². The SMILES string of the molecule is Cc1ccc(-c2nc(Cl)nc(Cl)c2-c2ccc(Cl)cc2)cc1. The monoisotopic (exact) mass is 348 g/mol. The van der Waals surface area contributed by atoms with Crippen LogP contribution in [0.15, 0.2) is 48.5 Å². The van der Waals surface area contributed by atoms with E-state index in [1.807, 2.05) is 43.3 Å². The summed E-state index contributed by atoms with van der Waals surface area (Å²) in [7, 11) is 0. The lowest BCUT2D eigenvalue weighted by atomic mass is 10.0. The van der Waals surface area contributed by atoms with Crippen LogP contribution in [-0.4, -0.2) is 9.97 Å². The Hall–Kier alpha value is -1.61. The van der Waals surface area contributed by atoms with Gasteiger partial charge in [0.1, 0.15) is 5.15 Å². The second-order valence-electron chi connectivity index (χ2n) is 4.88. The van der Waals surface area contributed by atoms with Crippen LogP contribution >= 0.6 is 34.8 Å². The fourth-order valence-electron chi connectivity index (χ4n) is 2.20. The van der Waals surface area contributed by atoms with Gasteiger partial charge in [0.25, 0.3) is 0 Å². The molecule has 0 radical (unpaired) electrons. The quantitative estimate of drug-likeness (QED) is 0.414. The Bertz CT molecular complexity index is 813. The zero-order valence-electron chi connectivity index (χ0n) is 11.6. The summed E-state index contributed by atoms with van der Waals surface area (Å²) in [6.07, 6.45) is 0. The van der Waals surface area contributed by atoms with Gasteiger partial charge in [-0.3, -0.25) is 0 Å². The highest BCUT2D eigenvalue weighted by atomic mass is 35.5. The van der Waals surface area contributed by atoms with Gasteiger partial charge in [0.2, 0.25) is 5.28 Å². The molecule has 110 valence electrons. The lowest BCUT2D eigenvalue weighted by Crippen LogP contribution is -1.95. The summed E-state index contributed by atoms with van der Waals surface area (Å²) in [5.74, 6) is 0. The molecule has 0 fully saturated rings. The van der Waals surface area contributed by atoms with E-state index in [1.54, 1.807) is 12.1 Å². The molecule has 0 bridgehead atoms. The van der Waals surface area contributed by atoms with Crippen molar-refractivity contribution in [3.8, 4) is 22.4 Å². The molecule has 1 aromatic heterocycles. The van der Waals surface area contributed by atoms with Crippen molar-refractivity contribution in [2.45, 2.75) is 6.92 Å². The molecular formula is C17H11Cl3N2. The van der Waals surface area contributed by atoms with Crippen molar-refractivity contribution < 1.29 is 0 Å². The van der Waals surface area contributed by atoms with Crippen molar-refractivity contribution in [1.29, 1.82) is 0 Å². The predicted molar refractivity (Wildman–Crippen MR) is 92.7 cm³/mol. The third-order valence-electron chi connectivity index (χ3n) is 3.30. The molecule has 0 aliphatic heterocycles. The normalized spacial score (nSPS) is 10.7. The van der Waals surface area contributed by atoms with Crippen LogP contribution in [0.3, 0.4) is 0 Å². The maximum Gasteiger partial charge on any atom is 0.224 e. The minimum Gasteiger partial charge on any atom is -0.217 e. The third kappa shape index (κ3) is 3.09. The summed E-state index contributed by atoms with van der Waals surface area (Å²) in [5, 5.41) is 1.10. The summed E-state index contributed by atoms with van der Waals surface area (Å²) < 4.78 is 0. The Morgan fingerprint density at radius 3 is 1.95 bits per heavy atom. The Kier molecular flexibility index (Phi) is 4.34. The molecule has 3 aromatic rings. The fraction of sp³-hybridized carbons (Fsp3) is 0.0588. The smallest absolute Gasteiger partial charge is 0.217 e. The maximum absolute atomic E-state index is 6.32. The van der Waals surface area contributed by atoms with Crippen LogP contribution in [0.1, 0.15) is 5.56 Å². The number of benzene rings is 2. The summed E-state index contributed by atoms with van der Waals surface area (Å²) in [6.45, 7) is 2.03. The molecule has 0 aliphatic carbocycles. The number of aryl methyl sites for hydroxylation is 1. The molecule has 0 saturated heterocycles. The summed E-state index contributed by atoms with van der Waals surface area (Å²) >= 11 is 18.3. The lowest BCUT2D eigenvalue weighted by molar-refractivity contribution is 1.17. The van der Waals surface area contributed by atoms with Gasteiger partial charge in [-0.25, -0.2) is 9.97 Å². The topological polar surface area (TPSA) is 25.8 Å². The third-order valence-corrected chi connectivity index (χ3v) is 3.99. The Morgan fingerprint density at radius 2 is 1.32 bits per heavy atom. The van der Waals surface area contributed by atoms with Crippen LogP contribution in [0.2, 0.25) is 15.5 Å². The van der Waals surface area contributed by atoms with E-state index in [1.165, 1.54) is 5.56 Å². The number of aromatic nitrogens is 2. The highest BCUT2D eigenvalue weighted by Gasteiger charge is 2.16. The first-order valence-corrected chi connectivity index (χ1v) is 7.74. The molecule has 1 heterocycles. The van der Waals surface area contributed by atoms with E-state index in [0.717, 1.165) is 16.7 Å². The molecule has 0 N–H and O–H groups in total. The van der Waals surface area contributed by atoms with Crippen molar-refractivity contribution in [3.05, 3.63) is 69.6 Å². The first-order valence-electron chi connectivity index (χ1n) is 6.60. The molecule has 5 heteroatoms. The minimum absolute atomic E-state index is 0.123. The van der Waals surface area contributed by atoms with Crippen LogP contribution < -0.4 is 0 Å². The average Bonchev–Trinajstić information content (AvgIpc) is 2.49. The lowest BCUT2D eigenvalue weighted by Gasteiger charge is -2.11. The summed E-state index contributed by atoms with van der Waals surface area (Å²) in [5.41, 5.74) is 4.44. The highest BCUT2D eigenvalue weighted by Crippen LogP contribution is 2.36. The van der Waals surface area contributed by atoms with Crippen molar-refractivity contribution in [3.63, 3.8) is 0 Å². The molecule has 0 amide bonds. The molecule has 0 aliphatic rings. The van der Waals surface area contributed by atoms with E-state index in [9.17, 15) is 0 Å². The molecule has 0 saturated carbocycles. The Morgan fingerprint density at radius 1 is 0.727 bits per heavy atom. The number of hydrogen-bond acceptors (Lipinski definition) is 2. The van der Waals surface area contributed by atoms with E-state index < -0.39 is 0 Å². The Labute approximate surface area is 143 Å². The first-order chi connectivity index (χ1) is 10.5. The average molecular weight is 350 g/mol. The van der Waals surface area contributed by atoms with Crippen molar-refractivity contribution in [2.24, 2.45) is 0 Å². The van der Waals surface area contributed by atoms with Gasteiger partial charge in [-0.15, -0.1) is 0 Å². The number of nitrogens with zero attached hydrogens (tertiary/aromatic N) is 2. The van der Waals surface area contributed by atoms with Gasteiger partial charge in [-0.1, -0.05) is 65.2 Å². The largest absolute Gasteiger partial charge is 0.224 e. The summed E-state index contributed by atoms with van der Waals surface area (Å²) in [6, 6.07) is 15.4. The van der Waals surface area contributed by atoms with Gasteiger partial charge >= 0.3 is 0 Å². The minimum atomic E-state index is 0.123. The maximum atomic E-state index is 6.32. The van der Waals surface area contributed by atoms with E-state index in [0.29, 0.717) is 15.9 Å². The predicted octanol–water partition coefficient (Wildman–Crippen LogP) is 6.08. The molecule has 0 spiro atoms. The van der Waals surface area contributed by atoms with E-state index in [2.05, 4.69) is 9.97 Å². The zero-order chi connectivity index (χ0) is 15.7. The van der Waals surface area contributed by atoms with E-state index in [-0.39, 0.29) is 5.28 Å². The molecule has 2 nitrogen and oxygen atoms in total. The molecule has 3 rings (SSSR count). The van der Waals surface area contributed by atoms with Crippen molar-refractivity contribution >= 4 is 34.8 Å². The van der Waals surface area contributed by atoms with Gasteiger partial charge in [0, 0.05) is 16.1 Å². The highest BCUT2D eigenvalue weighted by molar-refractivity contribution is 6.34. The van der Waals surface area contributed by atoms with Crippen LogP contribution in [-0.2, 0) is 0 Å². The van der Waals surface area contributed by atoms with Crippen LogP contribution in [0.5, 0.6) is 0 Å². The number of hydrogen-bond donors (Lipinski definition) is 0. The standard InChI is InChI=1S/C17H11Cl3N2/c1-10-2-4-12(5-3-10)15-14(16(19)22-17(20)21-15)11-6-8-13(18)9-7-11/h2-9H,1H3. The van der Waals surface area contributed by atoms with Crippen LogP contribution in [0, 0.1) is 6.92 Å². The molecule has 2 aromatic carbocycles. The van der Waals surface area contributed by atoms with Gasteiger partial charge in [-0.05, 0) is 36.2 Å². The van der Waals surface area contributed by atoms with Crippen LogP contribution in [0.25, 0.3) is 22.4 Å². The number of rotatable bonds is 2. The van der Waals surface area contributed by atoms with E-state index in [4.69, 9.17) is 34.8 Å². The second kappa shape index (κ2) is 6.25. The molecule has 22 heavy (non-hydrogen) atoms. The fourth-order valence-corrected chi connectivity index (χ4v) is 2.82. The van der Waals surface area contributed by atoms with Gasteiger partial charge < -0.3 is 0 Å². The molecule has 0 atom stereocenters. The van der Waals surface area contributed by atoms with Gasteiger partial charge in [-0.2, -0.15) is 0 Å². The number of halogens is 3. The van der Waals surface area contributed by atoms with Crippen LogP contribution in [0.4, 0.5) is 0 Å². The second-order valence-corrected chi connectivity index (χ2v) is 6.01. The first kappa shape index (κ1) is 15.3. The summed E-state index contributed by atoms with van der Waals surface area (Å²) in [4.78, 5) is 8.43. The van der Waals surface area contributed by atoms with E-state index >= 15 is 0 Å².